The lowest BCUT2D eigenvalue weighted by atomic mass is 10.3. The predicted octanol–water partition coefficient (Wildman–Crippen LogP) is -0.484. The molecule has 1 amide bonds. The highest BCUT2D eigenvalue weighted by Gasteiger charge is 2.05. The summed E-state index contributed by atoms with van der Waals surface area (Å²) in [5.41, 5.74) is 10.0. The molecular weight excluding hydrogens is 266 g/mol. The van der Waals surface area contributed by atoms with Gasteiger partial charge in [0.15, 0.2) is 0 Å². The summed E-state index contributed by atoms with van der Waals surface area (Å²) < 4.78 is 0. The molecule has 1 saturated heterocycles. The molecule has 0 aromatic carbocycles. The molecule has 1 aliphatic heterocycles. The Morgan fingerprint density at radius 1 is 1.05 bits per heavy atom. The van der Waals surface area contributed by atoms with Crippen LogP contribution in [0.1, 0.15) is 38.5 Å². The van der Waals surface area contributed by atoms with Crippen LogP contribution in [0.4, 0.5) is 0 Å². The average Bonchev–Trinajstić information content (AvgIpc) is 2.86. The highest BCUT2D eigenvalue weighted by molar-refractivity contribution is 5.77. The summed E-state index contributed by atoms with van der Waals surface area (Å²) in [5, 5.41) is 18.7. The number of carboxylic acid groups (broad SMARTS) is 2. The fourth-order valence-corrected chi connectivity index (χ4v) is 1.07. The maximum atomic E-state index is 10.1. The van der Waals surface area contributed by atoms with Crippen molar-refractivity contribution in [2.75, 3.05) is 19.6 Å². The van der Waals surface area contributed by atoms with Crippen LogP contribution in [0.3, 0.4) is 0 Å². The van der Waals surface area contributed by atoms with Crippen molar-refractivity contribution in [3.63, 3.8) is 0 Å². The summed E-state index contributed by atoms with van der Waals surface area (Å²) in [6, 6.07) is 0. The number of carbonyl (C=O) groups is 3. The summed E-state index contributed by atoms with van der Waals surface area (Å²) in [6.45, 7) is 1.82. The third-order valence-corrected chi connectivity index (χ3v) is 2.09. The number of hydrogen-bond acceptors (Lipinski definition) is 5. The minimum absolute atomic E-state index is 0.191. The number of rotatable bonds is 6. The maximum Gasteiger partial charge on any atom is 0.303 e. The van der Waals surface area contributed by atoms with Crippen molar-refractivity contribution in [1.29, 1.82) is 0 Å². The second-order valence-electron chi connectivity index (χ2n) is 4.03. The first-order chi connectivity index (χ1) is 9.43. The zero-order valence-corrected chi connectivity index (χ0v) is 11.6. The zero-order chi connectivity index (χ0) is 15.8. The van der Waals surface area contributed by atoms with Crippen LogP contribution in [0.15, 0.2) is 0 Å². The highest BCUT2D eigenvalue weighted by Crippen LogP contribution is 1.93. The molecule has 0 atom stereocenters. The van der Waals surface area contributed by atoms with Gasteiger partial charge in [0.05, 0.1) is 0 Å². The Bertz CT molecular complexity index is 258. The number of hydrogen-bond donors (Lipinski definition) is 5. The second kappa shape index (κ2) is 15.4. The van der Waals surface area contributed by atoms with Gasteiger partial charge >= 0.3 is 11.9 Å². The van der Waals surface area contributed by atoms with E-state index < -0.39 is 11.9 Å². The van der Waals surface area contributed by atoms with Crippen LogP contribution in [0.25, 0.3) is 0 Å². The summed E-state index contributed by atoms with van der Waals surface area (Å²) in [5.74, 6) is -1.34. The SMILES string of the molecule is NCCCC(=O)O.NCCCC(=O)O.O=C1CCCN1. The molecule has 20 heavy (non-hydrogen) atoms. The monoisotopic (exact) mass is 291 g/mol. The van der Waals surface area contributed by atoms with Crippen LogP contribution in [0.2, 0.25) is 0 Å². The third-order valence-electron chi connectivity index (χ3n) is 2.09. The Kier molecular flexibility index (Phi) is 15.9. The van der Waals surface area contributed by atoms with E-state index >= 15 is 0 Å². The van der Waals surface area contributed by atoms with E-state index in [1.807, 2.05) is 0 Å². The lowest BCUT2D eigenvalue weighted by Crippen LogP contribution is -2.12. The molecule has 0 aromatic heterocycles. The predicted molar refractivity (Wildman–Crippen MR) is 74.1 cm³/mol. The fourth-order valence-electron chi connectivity index (χ4n) is 1.07. The summed E-state index contributed by atoms with van der Waals surface area (Å²) >= 11 is 0. The summed E-state index contributed by atoms with van der Waals surface area (Å²) in [4.78, 5) is 29.5. The molecule has 8 heteroatoms. The van der Waals surface area contributed by atoms with E-state index in [0.29, 0.717) is 25.9 Å². The van der Waals surface area contributed by atoms with Crippen LogP contribution in [-0.4, -0.2) is 47.7 Å². The van der Waals surface area contributed by atoms with Gasteiger partial charge in [-0.3, -0.25) is 14.4 Å². The van der Waals surface area contributed by atoms with Crippen molar-refractivity contribution in [3.8, 4) is 0 Å². The minimum Gasteiger partial charge on any atom is -0.481 e. The summed E-state index contributed by atoms with van der Waals surface area (Å²) in [7, 11) is 0. The largest absolute Gasteiger partial charge is 0.481 e. The van der Waals surface area contributed by atoms with Gasteiger partial charge in [0.25, 0.3) is 0 Å². The molecule has 0 aromatic rings. The van der Waals surface area contributed by atoms with E-state index in [-0.39, 0.29) is 18.7 Å². The lowest BCUT2D eigenvalue weighted by Gasteiger charge is -1.86. The molecule has 0 radical (unpaired) electrons. The van der Waals surface area contributed by atoms with E-state index in [4.69, 9.17) is 21.7 Å². The molecule has 7 N–H and O–H groups in total. The Labute approximate surface area is 118 Å². The quantitative estimate of drug-likeness (QED) is 0.442. The van der Waals surface area contributed by atoms with Crippen LogP contribution < -0.4 is 16.8 Å². The molecule has 0 saturated carbocycles. The van der Waals surface area contributed by atoms with Gasteiger partial charge in [0.1, 0.15) is 0 Å². The molecule has 8 nitrogen and oxygen atoms in total. The molecule has 1 fully saturated rings. The summed E-state index contributed by atoms with van der Waals surface area (Å²) in [6.07, 6.45) is 3.30. The number of nitrogens with one attached hydrogen (secondary N) is 1. The van der Waals surface area contributed by atoms with Crippen molar-refractivity contribution in [2.45, 2.75) is 38.5 Å². The molecule has 1 rings (SSSR count). The van der Waals surface area contributed by atoms with Crippen molar-refractivity contribution in [1.82, 2.24) is 5.32 Å². The first-order valence-corrected chi connectivity index (χ1v) is 6.54. The number of carbonyl (C=O) groups excluding carboxylic acids is 1. The third kappa shape index (κ3) is 21.6. The minimum atomic E-state index is -0.773. The molecule has 1 heterocycles. The van der Waals surface area contributed by atoms with Gasteiger partial charge < -0.3 is 27.0 Å². The number of carboxylic acids is 2. The van der Waals surface area contributed by atoms with Crippen molar-refractivity contribution in [2.24, 2.45) is 11.5 Å². The van der Waals surface area contributed by atoms with Gasteiger partial charge in [0, 0.05) is 25.8 Å². The average molecular weight is 291 g/mol. The number of nitrogens with two attached hydrogens (primary N) is 2. The van der Waals surface area contributed by atoms with Gasteiger partial charge in [-0.2, -0.15) is 0 Å². The van der Waals surface area contributed by atoms with Crippen molar-refractivity contribution in [3.05, 3.63) is 0 Å². The van der Waals surface area contributed by atoms with Gasteiger partial charge in [-0.15, -0.1) is 0 Å². The van der Waals surface area contributed by atoms with Crippen molar-refractivity contribution >= 4 is 17.8 Å². The lowest BCUT2D eigenvalue weighted by molar-refractivity contribution is -0.138. The smallest absolute Gasteiger partial charge is 0.303 e. The second-order valence-corrected chi connectivity index (χ2v) is 4.03. The molecule has 0 bridgehead atoms. The Balaban J connectivity index is 0. The highest BCUT2D eigenvalue weighted by atomic mass is 16.4. The Hall–Kier alpha value is -1.67. The van der Waals surface area contributed by atoms with Crippen LogP contribution in [0, 0.1) is 0 Å². The standard InChI is InChI=1S/2C4H9NO2.C4H7NO/c2*5-3-1-2-4(6)7;6-4-2-1-3-5-4/h2*1-3,5H2,(H,6,7);1-3H2,(H,5,6). The normalized spacial score (nSPS) is 12.4. The first kappa shape index (κ1) is 20.6. The fraction of sp³-hybridized carbons (Fsp3) is 0.750. The van der Waals surface area contributed by atoms with Gasteiger partial charge in [-0.25, -0.2) is 0 Å². The molecule has 0 aliphatic carbocycles. The molecule has 1 aliphatic rings. The number of aliphatic carboxylic acids is 2. The Morgan fingerprint density at radius 3 is 1.60 bits per heavy atom. The number of amides is 1. The zero-order valence-electron chi connectivity index (χ0n) is 11.6. The Morgan fingerprint density at radius 2 is 1.50 bits per heavy atom. The van der Waals surface area contributed by atoms with Gasteiger partial charge in [-0.05, 0) is 32.4 Å². The van der Waals surface area contributed by atoms with E-state index in [1.165, 1.54) is 0 Å². The molecule has 0 spiro atoms. The van der Waals surface area contributed by atoms with Crippen LogP contribution >= 0.6 is 0 Å². The van der Waals surface area contributed by atoms with E-state index in [2.05, 4.69) is 5.32 Å². The van der Waals surface area contributed by atoms with Crippen molar-refractivity contribution < 1.29 is 24.6 Å². The maximum absolute atomic E-state index is 10.1. The van der Waals surface area contributed by atoms with Crippen LogP contribution in [0.5, 0.6) is 0 Å². The van der Waals surface area contributed by atoms with Gasteiger partial charge in [0.2, 0.25) is 5.91 Å². The molecular formula is C12H25N3O5. The first-order valence-electron chi connectivity index (χ1n) is 6.54. The molecule has 118 valence electrons. The van der Waals surface area contributed by atoms with E-state index in [1.54, 1.807) is 0 Å². The topological polar surface area (TPSA) is 156 Å². The van der Waals surface area contributed by atoms with Gasteiger partial charge in [-0.1, -0.05) is 0 Å². The van der Waals surface area contributed by atoms with E-state index in [0.717, 1.165) is 19.4 Å². The molecule has 0 unspecified atom stereocenters. The van der Waals surface area contributed by atoms with E-state index in [9.17, 15) is 14.4 Å². The van der Waals surface area contributed by atoms with Crippen LogP contribution in [-0.2, 0) is 14.4 Å².